The molecule has 152 valence electrons. The number of hydrogen-bond acceptors (Lipinski definition) is 6. The average Bonchev–Trinajstić information content (AvgIpc) is 2.72. The van der Waals surface area contributed by atoms with Crippen molar-refractivity contribution in [1.82, 2.24) is 10.6 Å². The van der Waals surface area contributed by atoms with Crippen LogP contribution in [0.1, 0.15) is 49.4 Å². The molecular formula is C20H26N2O6. The molecule has 28 heavy (non-hydrogen) atoms. The normalized spacial score (nSPS) is 14.0. The van der Waals surface area contributed by atoms with Crippen molar-refractivity contribution in [2.75, 3.05) is 19.8 Å². The first-order chi connectivity index (χ1) is 13.5. The average molecular weight is 390 g/mol. The Hall–Kier alpha value is -2.90. The number of carbonyl (C=O) groups excluding carboxylic acids is 4. The van der Waals surface area contributed by atoms with Gasteiger partial charge in [-0.15, -0.1) is 0 Å². The first-order valence-corrected chi connectivity index (χ1v) is 9.50. The van der Waals surface area contributed by atoms with Crippen molar-refractivity contribution in [3.8, 4) is 5.75 Å². The van der Waals surface area contributed by atoms with Crippen molar-refractivity contribution in [3.63, 3.8) is 0 Å². The molecule has 2 rings (SSSR count). The highest BCUT2D eigenvalue weighted by atomic mass is 16.5. The molecule has 0 aromatic heterocycles. The summed E-state index contributed by atoms with van der Waals surface area (Å²) in [5.74, 6) is -1.70. The maximum atomic E-state index is 12.0. The molecule has 0 aliphatic heterocycles. The van der Waals surface area contributed by atoms with Gasteiger partial charge < -0.3 is 14.8 Å². The predicted octanol–water partition coefficient (Wildman–Crippen LogP) is 1.58. The Morgan fingerprint density at radius 1 is 1.04 bits per heavy atom. The molecule has 8 nitrogen and oxygen atoms in total. The molecule has 0 saturated heterocycles. The van der Waals surface area contributed by atoms with Crippen molar-refractivity contribution in [1.29, 1.82) is 0 Å². The molecule has 0 spiro atoms. The van der Waals surface area contributed by atoms with Gasteiger partial charge >= 0.3 is 5.97 Å². The third-order valence-corrected chi connectivity index (χ3v) is 4.42. The van der Waals surface area contributed by atoms with E-state index < -0.39 is 24.4 Å². The zero-order valence-corrected chi connectivity index (χ0v) is 16.0. The van der Waals surface area contributed by atoms with Gasteiger partial charge in [-0.2, -0.15) is 0 Å². The quantitative estimate of drug-likeness (QED) is 0.652. The number of hydrogen-bond donors (Lipinski definition) is 2. The lowest BCUT2D eigenvalue weighted by molar-refractivity contribution is -0.149. The molecule has 0 atom stereocenters. The van der Waals surface area contributed by atoms with Gasteiger partial charge in [-0.1, -0.05) is 19.3 Å². The SMILES string of the molecule is CCOc1ccc(C(=O)NCC(=O)OCC(=O)NC(=O)C2CCCCC2)cc1. The molecule has 3 amide bonds. The van der Waals surface area contributed by atoms with Gasteiger partial charge in [0.1, 0.15) is 12.3 Å². The summed E-state index contributed by atoms with van der Waals surface area (Å²) in [4.78, 5) is 47.4. The summed E-state index contributed by atoms with van der Waals surface area (Å²) in [5, 5.41) is 4.67. The van der Waals surface area contributed by atoms with Gasteiger partial charge in [0.05, 0.1) is 6.61 Å². The Bertz CT molecular complexity index is 695. The maximum absolute atomic E-state index is 12.0. The first-order valence-electron chi connectivity index (χ1n) is 9.50. The topological polar surface area (TPSA) is 111 Å². The van der Waals surface area contributed by atoms with E-state index in [4.69, 9.17) is 9.47 Å². The molecule has 1 aromatic carbocycles. The van der Waals surface area contributed by atoms with Crippen LogP contribution in [0.3, 0.4) is 0 Å². The fourth-order valence-corrected chi connectivity index (χ4v) is 2.96. The molecule has 1 aliphatic carbocycles. The summed E-state index contributed by atoms with van der Waals surface area (Å²) in [6.07, 6.45) is 4.62. The van der Waals surface area contributed by atoms with Gasteiger partial charge in [0.2, 0.25) is 5.91 Å². The number of carbonyl (C=O) groups is 4. The summed E-state index contributed by atoms with van der Waals surface area (Å²) in [5.41, 5.74) is 0.368. The zero-order chi connectivity index (χ0) is 20.4. The van der Waals surface area contributed by atoms with Crippen molar-refractivity contribution < 1.29 is 28.7 Å². The maximum Gasteiger partial charge on any atom is 0.325 e. The van der Waals surface area contributed by atoms with Crippen LogP contribution in [0.5, 0.6) is 5.75 Å². The molecule has 8 heteroatoms. The lowest BCUT2D eigenvalue weighted by atomic mass is 9.89. The van der Waals surface area contributed by atoms with Crippen LogP contribution in [0.15, 0.2) is 24.3 Å². The van der Waals surface area contributed by atoms with Crippen molar-refractivity contribution in [2.24, 2.45) is 5.92 Å². The fourth-order valence-electron chi connectivity index (χ4n) is 2.96. The van der Waals surface area contributed by atoms with Crippen molar-refractivity contribution in [2.45, 2.75) is 39.0 Å². The van der Waals surface area contributed by atoms with Crippen LogP contribution in [0.2, 0.25) is 0 Å². The molecule has 1 aromatic rings. The standard InChI is InChI=1S/C20H26N2O6/c1-2-27-16-10-8-15(9-11-16)19(25)21-12-18(24)28-13-17(23)22-20(26)14-6-4-3-5-7-14/h8-11,14H,2-7,12-13H2,1H3,(H,21,25)(H,22,23,26). The second-order valence-corrected chi connectivity index (χ2v) is 6.55. The molecule has 0 unspecified atom stereocenters. The third-order valence-electron chi connectivity index (χ3n) is 4.42. The van der Waals surface area contributed by atoms with Crippen LogP contribution in [-0.4, -0.2) is 43.4 Å². The number of esters is 1. The van der Waals surface area contributed by atoms with Crippen LogP contribution in [0, 0.1) is 5.92 Å². The predicted molar refractivity (Wildman–Crippen MR) is 101 cm³/mol. The second kappa shape index (κ2) is 11.1. The number of benzene rings is 1. The molecule has 1 aliphatic rings. The molecule has 0 bridgehead atoms. The lowest BCUT2D eigenvalue weighted by Crippen LogP contribution is -2.39. The Balaban J connectivity index is 1.66. The van der Waals surface area contributed by atoms with E-state index in [2.05, 4.69) is 10.6 Å². The van der Waals surface area contributed by atoms with Gasteiger partial charge in [0.25, 0.3) is 11.8 Å². The molecule has 1 saturated carbocycles. The van der Waals surface area contributed by atoms with E-state index in [0.29, 0.717) is 17.9 Å². The van der Waals surface area contributed by atoms with Crippen LogP contribution < -0.4 is 15.4 Å². The Morgan fingerprint density at radius 2 is 1.71 bits per heavy atom. The van der Waals surface area contributed by atoms with E-state index in [9.17, 15) is 19.2 Å². The molecule has 0 heterocycles. The number of rotatable bonds is 8. The molecule has 1 fully saturated rings. The number of ether oxygens (including phenoxy) is 2. The van der Waals surface area contributed by atoms with Crippen LogP contribution in [0.25, 0.3) is 0 Å². The summed E-state index contributed by atoms with van der Waals surface area (Å²) in [6, 6.07) is 6.47. The highest BCUT2D eigenvalue weighted by molar-refractivity contribution is 5.98. The van der Waals surface area contributed by atoms with E-state index >= 15 is 0 Å². The highest BCUT2D eigenvalue weighted by Crippen LogP contribution is 2.23. The summed E-state index contributed by atoms with van der Waals surface area (Å²) in [7, 11) is 0. The van der Waals surface area contributed by atoms with Gasteiger partial charge in [0, 0.05) is 11.5 Å². The number of nitrogens with one attached hydrogen (secondary N) is 2. The van der Waals surface area contributed by atoms with E-state index in [1.807, 2.05) is 6.92 Å². The van der Waals surface area contributed by atoms with E-state index in [1.54, 1.807) is 24.3 Å². The second-order valence-electron chi connectivity index (χ2n) is 6.55. The number of imide groups is 1. The summed E-state index contributed by atoms with van der Waals surface area (Å²) in [6.45, 7) is 1.45. The van der Waals surface area contributed by atoms with E-state index in [1.165, 1.54) is 0 Å². The highest BCUT2D eigenvalue weighted by Gasteiger charge is 2.23. The first kappa shape index (κ1) is 21.4. The molecule has 2 N–H and O–H groups in total. The largest absolute Gasteiger partial charge is 0.494 e. The Morgan fingerprint density at radius 3 is 2.36 bits per heavy atom. The van der Waals surface area contributed by atoms with Gasteiger partial charge in [-0.25, -0.2) is 0 Å². The summed E-state index contributed by atoms with van der Waals surface area (Å²) >= 11 is 0. The smallest absolute Gasteiger partial charge is 0.325 e. The van der Waals surface area contributed by atoms with Gasteiger partial charge in [-0.05, 0) is 44.0 Å². The minimum absolute atomic E-state index is 0.151. The van der Waals surface area contributed by atoms with E-state index in [-0.39, 0.29) is 18.4 Å². The minimum Gasteiger partial charge on any atom is -0.494 e. The molecule has 0 radical (unpaired) electrons. The van der Waals surface area contributed by atoms with Crippen LogP contribution in [0.4, 0.5) is 0 Å². The Kier molecular flexibility index (Phi) is 8.45. The third kappa shape index (κ3) is 7.02. The summed E-state index contributed by atoms with van der Waals surface area (Å²) < 4.78 is 10.1. The lowest BCUT2D eigenvalue weighted by Gasteiger charge is -2.20. The van der Waals surface area contributed by atoms with Crippen LogP contribution >= 0.6 is 0 Å². The molecular weight excluding hydrogens is 364 g/mol. The monoisotopic (exact) mass is 390 g/mol. The minimum atomic E-state index is -0.764. The number of amides is 3. The van der Waals surface area contributed by atoms with E-state index in [0.717, 1.165) is 32.1 Å². The van der Waals surface area contributed by atoms with Gasteiger partial charge in [-0.3, -0.25) is 24.5 Å². The fraction of sp³-hybridized carbons (Fsp3) is 0.500. The van der Waals surface area contributed by atoms with Crippen LogP contribution in [-0.2, 0) is 19.1 Å². The van der Waals surface area contributed by atoms with Crippen molar-refractivity contribution in [3.05, 3.63) is 29.8 Å². The zero-order valence-electron chi connectivity index (χ0n) is 16.0. The Labute approximate surface area is 164 Å². The van der Waals surface area contributed by atoms with Gasteiger partial charge in [0.15, 0.2) is 6.61 Å². The van der Waals surface area contributed by atoms with Crippen molar-refractivity contribution >= 4 is 23.7 Å².